The molecular formula is C52H40BrN3O4. The van der Waals surface area contributed by atoms with Gasteiger partial charge in [0.25, 0.3) is 5.69 Å². The van der Waals surface area contributed by atoms with E-state index in [1.54, 1.807) is 66.9 Å². The lowest BCUT2D eigenvalue weighted by molar-refractivity contribution is -0.383. The van der Waals surface area contributed by atoms with E-state index >= 15 is 0 Å². The van der Waals surface area contributed by atoms with E-state index in [0.717, 1.165) is 31.8 Å². The summed E-state index contributed by atoms with van der Waals surface area (Å²) in [7, 11) is 0. The number of nitro groups is 1. The van der Waals surface area contributed by atoms with Crippen LogP contribution in [0.3, 0.4) is 0 Å². The van der Waals surface area contributed by atoms with Crippen molar-refractivity contribution >= 4 is 43.4 Å². The maximum atomic E-state index is 12.4. The normalized spacial score (nSPS) is 12.5. The number of para-hydroxylation sites is 1. The maximum absolute atomic E-state index is 12.4. The van der Waals surface area contributed by atoms with E-state index in [4.69, 9.17) is 18.6 Å². The first kappa shape index (κ1) is 35.0. The van der Waals surface area contributed by atoms with E-state index in [0.29, 0.717) is 56.6 Å². The first-order chi connectivity index (χ1) is 30.2. The molecule has 0 N–H and O–H groups in total. The monoisotopic (exact) mass is 852 g/mol. The Kier molecular flexibility index (Phi) is 9.10. The molecule has 2 aromatic heterocycles. The van der Waals surface area contributed by atoms with Gasteiger partial charge in [0.05, 0.1) is 27.1 Å². The smallest absolute Gasteiger partial charge is 0.284 e. The Morgan fingerprint density at radius 1 is 0.617 bits per heavy atom. The Balaban J connectivity index is 1.06. The molecule has 0 aliphatic rings. The molecular weight excluding hydrogens is 810 g/mol. The minimum Gasteiger partial charge on any atom is -0.457 e. The average molecular weight is 854 g/mol. The molecule has 0 aliphatic heterocycles. The number of hydrogen-bond donors (Lipinski definition) is 0. The van der Waals surface area contributed by atoms with Crippen molar-refractivity contribution in [2.45, 2.75) is 33.0 Å². The van der Waals surface area contributed by atoms with E-state index in [1.165, 1.54) is 5.56 Å². The van der Waals surface area contributed by atoms with Gasteiger partial charge < -0.3 is 9.47 Å². The van der Waals surface area contributed by atoms with Crippen LogP contribution in [0.5, 0.6) is 23.0 Å². The molecule has 0 saturated heterocycles. The molecule has 0 saturated carbocycles. The number of aryl methyl sites for hydroxylation is 1. The number of hydrogen-bond acceptors (Lipinski definition) is 5. The number of ether oxygens (including phenoxy) is 2. The van der Waals surface area contributed by atoms with Crippen molar-refractivity contribution in [2.24, 2.45) is 0 Å². The summed E-state index contributed by atoms with van der Waals surface area (Å²) in [6.45, 7) is 4.06. The van der Waals surface area contributed by atoms with Crippen molar-refractivity contribution in [3.63, 3.8) is 0 Å². The van der Waals surface area contributed by atoms with Crippen LogP contribution in [0.1, 0.15) is 36.0 Å². The van der Waals surface area contributed by atoms with Gasteiger partial charge in [-0.3, -0.25) is 14.7 Å². The highest BCUT2D eigenvalue weighted by Gasteiger charge is 2.23. The molecule has 7 nitrogen and oxygen atoms in total. The zero-order chi connectivity index (χ0) is 44.0. The van der Waals surface area contributed by atoms with Gasteiger partial charge in [-0.05, 0) is 125 Å². The van der Waals surface area contributed by atoms with Gasteiger partial charge in [0.15, 0.2) is 0 Å². The van der Waals surface area contributed by atoms with Crippen molar-refractivity contribution in [3.8, 4) is 62.2 Å². The van der Waals surface area contributed by atoms with Crippen LogP contribution < -0.4 is 9.47 Å². The number of pyridine rings is 1. The zero-order valence-corrected chi connectivity index (χ0v) is 34.6. The largest absolute Gasteiger partial charge is 0.457 e. The second-order valence-electron chi connectivity index (χ2n) is 15.6. The molecule has 0 radical (unpaired) electrons. The van der Waals surface area contributed by atoms with E-state index in [1.807, 2.05) is 89.5 Å². The molecule has 294 valence electrons. The summed E-state index contributed by atoms with van der Waals surface area (Å²) in [5.41, 5.74) is 6.45. The SMILES string of the molecule is [2H]C([2H])([2H])c1cc(-n2c3ccc(C(C)(C)C)cc3c3ccc(Oc4cccc(Br)c4)cc32)ncc1-c1ccc(Oc2cccc(-c3cccc(-c4ccccc4)c3[N+](=O)[O-])c2)cc1. The van der Waals surface area contributed by atoms with E-state index in [9.17, 15) is 10.1 Å². The van der Waals surface area contributed by atoms with Crippen LogP contribution in [0.4, 0.5) is 5.69 Å². The lowest BCUT2D eigenvalue weighted by Gasteiger charge is -2.19. The standard InChI is InChI=1S/C52H40BrN3O4/c1-33-27-50(55-48-26-21-37(52(2,3)4)29-46(48)45-25-24-42(31-49(45)55)60-41-16-9-14-38(53)30-41)54-32-47(33)35-19-22-39(23-20-35)59-40-15-8-13-36(28-40)44-18-10-17-43(51(44)56(57)58)34-11-6-5-7-12-34/h5-32H,1-4H3/i1D3. The molecule has 0 atom stereocenters. The van der Waals surface area contributed by atoms with Crippen LogP contribution in [0.2, 0.25) is 0 Å². The van der Waals surface area contributed by atoms with Crippen molar-refractivity contribution in [1.29, 1.82) is 0 Å². The van der Waals surface area contributed by atoms with Crippen LogP contribution >= 0.6 is 15.9 Å². The number of nitro benzene ring substituents is 1. The van der Waals surface area contributed by atoms with Crippen molar-refractivity contribution in [3.05, 3.63) is 196 Å². The van der Waals surface area contributed by atoms with Gasteiger partial charge in [0, 0.05) is 37.2 Å². The van der Waals surface area contributed by atoms with Crippen LogP contribution in [0.15, 0.2) is 174 Å². The summed E-state index contributed by atoms with van der Waals surface area (Å²) in [6, 6.07) is 50.6. The van der Waals surface area contributed by atoms with Crippen molar-refractivity contribution in [2.75, 3.05) is 0 Å². The second kappa shape index (κ2) is 15.6. The highest BCUT2D eigenvalue weighted by molar-refractivity contribution is 9.10. The third-order valence-corrected chi connectivity index (χ3v) is 11.1. The Morgan fingerprint density at radius 2 is 1.27 bits per heavy atom. The number of nitrogens with zero attached hydrogens (tertiary/aromatic N) is 3. The molecule has 7 aromatic carbocycles. The lowest BCUT2D eigenvalue weighted by Crippen LogP contribution is -2.10. The molecule has 2 heterocycles. The first-order valence-electron chi connectivity index (χ1n) is 21.0. The van der Waals surface area contributed by atoms with E-state index in [2.05, 4.69) is 54.9 Å². The van der Waals surface area contributed by atoms with Crippen LogP contribution in [0, 0.1) is 17.0 Å². The third kappa shape index (κ3) is 7.53. The third-order valence-electron chi connectivity index (χ3n) is 10.6. The summed E-state index contributed by atoms with van der Waals surface area (Å²) in [6.07, 6.45) is 1.62. The summed E-state index contributed by atoms with van der Waals surface area (Å²) in [4.78, 5) is 17.0. The van der Waals surface area contributed by atoms with Gasteiger partial charge >= 0.3 is 0 Å². The molecule has 0 amide bonds. The first-order valence-corrected chi connectivity index (χ1v) is 20.3. The summed E-state index contributed by atoms with van der Waals surface area (Å²) in [5.74, 6) is 2.75. The molecule has 60 heavy (non-hydrogen) atoms. The Bertz CT molecular complexity index is 3200. The molecule has 0 bridgehead atoms. The van der Waals surface area contributed by atoms with Gasteiger partial charge in [-0.1, -0.05) is 109 Å². The lowest BCUT2D eigenvalue weighted by atomic mass is 9.86. The molecule has 9 aromatic rings. The minimum atomic E-state index is -2.48. The highest BCUT2D eigenvalue weighted by Crippen LogP contribution is 2.41. The minimum absolute atomic E-state index is 0.0121. The van der Waals surface area contributed by atoms with Crippen molar-refractivity contribution < 1.29 is 18.5 Å². The maximum Gasteiger partial charge on any atom is 0.284 e. The number of aromatic nitrogens is 2. The van der Waals surface area contributed by atoms with Gasteiger partial charge in [0.1, 0.15) is 28.8 Å². The topological polar surface area (TPSA) is 79.4 Å². The second-order valence-corrected chi connectivity index (χ2v) is 16.5. The Morgan fingerprint density at radius 3 is 2.00 bits per heavy atom. The van der Waals surface area contributed by atoms with Gasteiger partial charge in [-0.2, -0.15) is 0 Å². The van der Waals surface area contributed by atoms with Crippen molar-refractivity contribution in [1.82, 2.24) is 9.55 Å². The fourth-order valence-electron chi connectivity index (χ4n) is 7.63. The number of fused-ring (bicyclic) bond motifs is 3. The van der Waals surface area contributed by atoms with Gasteiger partial charge in [-0.25, -0.2) is 4.98 Å². The van der Waals surface area contributed by atoms with Gasteiger partial charge in [0.2, 0.25) is 0 Å². The fraction of sp³-hybridized carbons (Fsp3) is 0.0962. The molecule has 0 fully saturated rings. The highest BCUT2D eigenvalue weighted by atomic mass is 79.9. The summed E-state index contributed by atoms with van der Waals surface area (Å²) < 4.78 is 41.5. The Labute approximate surface area is 361 Å². The molecule has 9 rings (SSSR count). The summed E-state index contributed by atoms with van der Waals surface area (Å²) >= 11 is 3.53. The quantitative estimate of drug-likeness (QED) is 0.107. The summed E-state index contributed by atoms with van der Waals surface area (Å²) in [5, 5.41) is 14.4. The molecule has 0 spiro atoms. The van der Waals surface area contributed by atoms with E-state index < -0.39 is 6.85 Å². The van der Waals surface area contributed by atoms with Crippen LogP contribution in [0.25, 0.3) is 61.0 Å². The molecule has 0 unspecified atom stereocenters. The number of benzene rings is 7. The van der Waals surface area contributed by atoms with Gasteiger partial charge in [-0.15, -0.1) is 0 Å². The van der Waals surface area contributed by atoms with Crippen LogP contribution in [-0.4, -0.2) is 14.5 Å². The predicted molar refractivity (Wildman–Crippen MR) is 246 cm³/mol. The number of rotatable bonds is 9. The molecule has 0 aliphatic carbocycles. The average Bonchev–Trinajstić information content (AvgIpc) is 3.59. The van der Waals surface area contributed by atoms with Crippen LogP contribution in [-0.2, 0) is 5.41 Å². The molecule has 8 heteroatoms. The van der Waals surface area contributed by atoms with E-state index in [-0.39, 0.29) is 21.6 Å². The zero-order valence-electron chi connectivity index (χ0n) is 36.0. The predicted octanol–water partition coefficient (Wildman–Crippen LogP) is 15.0. The fourth-order valence-corrected chi connectivity index (χ4v) is 8.01. The number of halogens is 1. The Hall–Kier alpha value is -7.03.